The van der Waals surface area contributed by atoms with Crippen LogP contribution in [0.25, 0.3) is 22.0 Å². The zero-order valence-electron chi connectivity index (χ0n) is 26.5. The number of carbonyl (C=O) groups excluding carboxylic acids is 4. The Morgan fingerprint density at radius 1 is 1.02 bits per heavy atom. The van der Waals surface area contributed by atoms with Crippen molar-refractivity contribution in [2.45, 2.75) is 70.0 Å². The molecular formula is C35H37F3N4O6. The average Bonchev–Trinajstić information content (AvgIpc) is 3.67. The van der Waals surface area contributed by atoms with Gasteiger partial charge in [0.05, 0.1) is 13.0 Å². The summed E-state index contributed by atoms with van der Waals surface area (Å²) in [6.45, 7) is 1.89. The first kappa shape index (κ1) is 35.7. The number of aliphatic carboxylic acids is 1. The molecule has 0 saturated heterocycles. The van der Waals surface area contributed by atoms with E-state index < -0.39 is 18.1 Å². The highest BCUT2D eigenvalue weighted by Crippen LogP contribution is 2.37. The Bertz CT molecular complexity index is 1770. The quantitative estimate of drug-likeness (QED) is 0.167. The zero-order chi connectivity index (χ0) is 34.8. The molecule has 4 N–H and O–H groups in total. The first-order valence-corrected chi connectivity index (χ1v) is 15.6. The largest absolute Gasteiger partial charge is 0.542 e. The Labute approximate surface area is 275 Å². The maximum atomic E-state index is 13.3. The number of halogens is 3. The van der Waals surface area contributed by atoms with Crippen molar-refractivity contribution < 1.29 is 47.2 Å². The number of ketones is 1. The number of fused-ring (bicyclic) bond motifs is 2. The summed E-state index contributed by atoms with van der Waals surface area (Å²) in [5.41, 5.74) is 3.46. The maximum Gasteiger partial charge on any atom is 0.430 e. The van der Waals surface area contributed by atoms with Gasteiger partial charge in [-0.2, -0.15) is 13.2 Å². The fourth-order valence-electron chi connectivity index (χ4n) is 5.46. The summed E-state index contributed by atoms with van der Waals surface area (Å²) in [6, 6.07) is 19.7. The lowest BCUT2D eigenvalue weighted by atomic mass is 9.96. The Hall–Kier alpha value is -5.20. The van der Waals surface area contributed by atoms with Crippen molar-refractivity contribution in [2.24, 2.45) is 0 Å². The number of amides is 2. The lowest BCUT2D eigenvalue weighted by molar-refractivity contribution is -0.391. The van der Waals surface area contributed by atoms with E-state index in [1.165, 1.54) is 5.39 Å². The van der Waals surface area contributed by atoms with E-state index in [1.54, 1.807) is 19.2 Å². The molecule has 48 heavy (non-hydrogen) atoms. The molecule has 0 saturated carbocycles. The second-order valence-electron chi connectivity index (χ2n) is 11.4. The second kappa shape index (κ2) is 16.1. The van der Waals surface area contributed by atoms with Crippen LogP contribution in [-0.2, 0) is 19.2 Å². The molecule has 3 aromatic carbocycles. The average molecular weight is 667 g/mol. The number of rotatable bonds is 13. The van der Waals surface area contributed by atoms with Crippen LogP contribution in [0, 0.1) is 0 Å². The molecule has 13 heteroatoms. The summed E-state index contributed by atoms with van der Waals surface area (Å²) in [5.74, 6) is -2.22. The number of methoxy groups -OCH3 is 1. The number of carboxylic acids is 1. The van der Waals surface area contributed by atoms with Crippen LogP contribution in [0.3, 0.4) is 0 Å². The van der Waals surface area contributed by atoms with Crippen molar-refractivity contribution >= 4 is 40.0 Å². The molecule has 1 aliphatic rings. The molecule has 0 bridgehead atoms. The lowest BCUT2D eigenvalue weighted by Crippen LogP contribution is -2.37. The highest BCUT2D eigenvalue weighted by atomic mass is 19.4. The number of unbranched alkanes of at least 4 members (excludes halogenated alkanes) is 2. The third-order valence-electron chi connectivity index (χ3n) is 8.06. The molecule has 0 aliphatic carbocycles. The van der Waals surface area contributed by atoms with E-state index >= 15 is 0 Å². The molecule has 2 atom stereocenters. The second-order valence-corrected chi connectivity index (χ2v) is 11.4. The predicted molar refractivity (Wildman–Crippen MR) is 170 cm³/mol. The molecule has 2 heterocycles. The van der Waals surface area contributed by atoms with E-state index in [4.69, 9.17) is 14.6 Å². The van der Waals surface area contributed by atoms with Gasteiger partial charge in [0.15, 0.2) is 5.69 Å². The summed E-state index contributed by atoms with van der Waals surface area (Å²) in [6.07, 6.45) is 1.23. The van der Waals surface area contributed by atoms with E-state index in [9.17, 15) is 27.6 Å². The summed E-state index contributed by atoms with van der Waals surface area (Å²) < 4.78 is 36.8. The number of hydrogen-bond acceptors (Lipinski definition) is 6. The van der Waals surface area contributed by atoms with Gasteiger partial charge in [-0.15, -0.1) is 0 Å². The smallest absolute Gasteiger partial charge is 0.430 e. The van der Waals surface area contributed by atoms with Gasteiger partial charge < -0.3 is 25.3 Å². The first-order valence-electron chi connectivity index (χ1n) is 15.6. The number of benzene rings is 3. The molecular weight excluding hydrogens is 629 g/mol. The Balaban J connectivity index is 0.000000671. The van der Waals surface area contributed by atoms with Crippen LogP contribution < -0.4 is 25.5 Å². The van der Waals surface area contributed by atoms with Crippen LogP contribution in [0.15, 0.2) is 66.9 Å². The number of hydrogen-bond donors (Lipinski definition) is 3. The third-order valence-corrected chi connectivity index (χ3v) is 8.06. The third kappa shape index (κ3) is 9.43. The number of aromatic nitrogens is 2. The van der Waals surface area contributed by atoms with E-state index in [0.29, 0.717) is 30.7 Å². The zero-order valence-corrected chi connectivity index (χ0v) is 26.5. The maximum absolute atomic E-state index is 13.3. The van der Waals surface area contributed by atoms with E-state index in [1.807, 2.05) is 31.3 Å². The Kier molecular flexibility index (Phi) is 11.9. The molecule has 254 valence electrons. The van der Waals surface area contributed by atoms with Crippen molar-refractivity contribution in [1.29, 1.82) is 0 Å². The number of alkyl halides is 3. The fraction of sp³-hybridized carbons (Fsp3) is 0.343. The number of carbonyl (C=O) groups is 4. The van der Waals surface area contributed by atoms with Gasteiger partial charge >= 0.3 is 6.18 Å². The van der Waals surface area contributed by atoms with Gasteiger partial charge in [0.25, 0.3) is 5.82 Å². The van der Waals surface area contributed by atoms with Gasteiger partial charge in [-0.25, -0.2) is 9.97 Å². The van der Waals surface area contributed by atoms with Gasteiger partial charge in [-0.1, -0.05) is 56.2 Å². The van der Waals surface area contributed by atoms with Crippen LogP contribution >= 0.6 is 0 Å². The minimum atomic E-state index is -5.19. The predicted octanol–water partition coefficient (Wildman–Crippen LogP) is 5.17. The van der Waals surface area contributed by atoms with Crippen LogP contribution in [0.5, 0.6) is 5.75 Å². The van der Waals surface area contributed by atoms with Crippen LogP contribution in [0.1, 0.15) is 75.2 Å². The molecule has 0 fully saturated rings. The molecule has 1 aliphatic heterocycles. The van der Waals surface area contributed by atoms with E-state index in [0.717, 1.165) is 47.3 Å². The Morgan fingerprint density at radius 3 is 2.44 bits per heavy atom. The number of Topliss-reactive ketones (excluding diaryl/α,β-unsaturated/α-hetero) is 1. The number of aromatic amines is 2. The summed E-state index contributed by atoms with van der Waals surface area (Å²) >= 11 is 0. The van der Waals surface area contributed by atoms with E-state index in [-0.39, 0.29) is 30.1 Å². The van der Waals surface area contributed by atoms with Crippen LogP contribution in [-0.4, -0.2) is 41.8 Å². The standard InChI is InChI=1S/C33H36N4O4.C2HF3O2/c1-3-24(38)11-5-4-6-12-28(32-34-20-30(36-32)23-14-13-21-9-7-8-10-22(21)17-23)35-31(39)19-27-26-16-15-25(41-2)18-29(26)37-33(27)40;3-2(4,5)1(6)7/h7-10,13-18,20,27-28H,3-6,11-12,19H2,1-2H3,(H,34,36)(H,35,39)(H,37,40);(H,6,7)/t27?,28-;/m0./s1. The van der Waals surface area contributed by atoms with Gasteiger partial charge in [-0.3, -0.25) is 14.4 Å². The number of H-pyrrole nitrogens is 2. The summed E-state index contributed by atoms with van der Waals surface area (Å²) in [5, 5.41) is 17.1. The molecule has 5 rings (SSSR count). The van der Waals surface area contributed by atoms with Crippen molar-refractivity contribution in [3.05, 3.63) is 78.2 Å². The monoisotopic (exact) mass is 666 g/mol. The van der Waals surface area contributed by atoms with Crippen LogP contribution in [0.2, 0.25) is 0 Å². The summed E-state index contributed by atoms with van der Waals surface area (Å²) in [7, 11) is 1.58. The topological polar surface area (TPSA) is 155 Å². The van der Waals surface area contributed by atoms with Crippen molar-refractivity contribution in [1.82, 2.24) is 10.3 Å². The van der Waals surface area contributed by atoms with Gasteiger partial charge in [-0.05, 0) is 47.4 Å². The SMILES string of the molecule is CCC(=O)CCCCC[C@H](NC(=O)CC1C(=O)Nc2cc(OC)ccc21)c1[nH]c(-c2ccc3ccccc3c2)c[nH+]1.O=C([O-])C(F)(F)F. The molecule has 1 aromatic heterocycles. The molecule has 10 nitrogen and oxygen atoms in total. The highest BCUT2D eigenvalue weighted by molar-refractivity contribution is 6.05. The number of anilines is 1. The highest BCUT2D eigenvalue weighted by Gasteiger charge is 2.34. The van der Waals surface area contributed by atoms with Crippen molar-refractivity contribution in [3.8, 4) is 17.0 Å². The Morgan fingerprint density at radius 2 is 1.75 bits per heavy atom. The van der Waals surface area contributed by atoms with Gasteiger partial charge in [0, 0.05) is 36.6 Å². The van der Waals surface area contributed by atoms with Crippen molar-refractivity contribution in [2.75, 3.05) is 12.4 Å². The molecule has 2 amide bonds. The number of ether oxygens (including phenoxy) is 1. The molecule has 4 aromatic rings. The number of imidazole rings is 1. The molecule has 0 spiro atoms. The number of nitrogens with one attached hydrogen (secondary N) is 4. The summed E-state index contributed by atoms with van der Waals surface area (Å²) in [4.78, 5) is 53.3. The lowest BCUT2D eigenvalue weighted by Gasteiger charge is -2.16. The van der Waals surface area contributed by atoms with Gasteiger partial charge in [0.1, 0.15) is 29.7 Å². The first-order chi connectivity index (χ1) is 22.9. The van der Waals surface area contributed by atoms with Gasteiger partial charge in [0.2, 0.25) is 11.8 Å². The van der Waals surface area contributed by atoms with Crippen LogP contribution in [0.4, 0.5) is 18.9 Å². The minimum absolute atomic E-state index is 0.0465. The normalized spacial score (nSPS) is 14.4. The fourth-order valence-corrected chi connectivity index (χ4v) is 5.46. The molecule has 0 radical (unpaired) electrons. The minimum Gasteiger partial charge on any atom is -0.542 e. The van der Waals surface area contributed by atoms with E-state index in [2.05, 4.69) is 50.9 Å². The van der Waals surface area contributed by atoms with Crippen molar-refractivity contribution in [3.63, 3.8) is 0 Å². The molecule has 1 unspecified atom stereocenters. The number of carboxylic acid groups (broad SMARTS) is 1.